The zero-order chi connectivity index (χ0) is 21.8. The van der Waals surface area contributed by atoms with Gasteiger partial charge < -0.3 is 28.8 Å². The standard InChI is InChI=1S/C21H24O9/c1-10(2)18(24)27-13-7-21(9-22)14(29-21)5-6-20(4)17(30-20)16-15(13)12(19(25)28-16)8-26-11(3)23/h5-6,13-14,16-17,22H,1,7-9H2,2-4H3/b6-5-/t13-,14-,16-,17+,20+,21-/m0/s1. The summed E-state index contributed by atoms with van der Waals surface area (Å²) < 4.78 is 27.8. The maximum Gasteiger partial charge on any atom is 0.338 e. The van der Waals surface area contributed by atoms with Gasteiger partial charge in [-0.25, -0.2) is 9.59 Å². The van der Waals surface area contributed by atoms with Crippen LogP contribution in [-0.2, 0) is 38.1 Å². The van der Waals surface area contributed by atoms with Crippen molar-refractivity contribution in [2.24, 2.45) is 0 Å². The molecule has 1 N–H and O–H groups in total. The van der Waals surface area contributed by atoms with Gasteiger partial charge in [-0.1, -0.05) is 18.7 Å². The summed E-state index contributed by atoms with van der Waals surface area (Å²) in [5, 5.41) is 9.98. The van der Waals surface area contributed by atoms with E-state index in [1.165, 1.54) is 13.8 Å². The molecule has 0 unspecified atom stereocenters. The number of fused-ring (bicyclic) bond motifs is 4. The molecular weight excluding hydrogens is 396 g/mol. The van der Waals surface area contributed by atoms with Crippen molar-refractivity contribution in [2.45, 2.75) is 62.8 Å². The molecule has 9 nitrogen and oxygen atoms in total. The quantitative estimate of drug-likeness (QED) is 0.223. The molecule has 0 aromatic carbocycles. The number of epoxide rings is 2. The van der Waals surface area contributed by atoms with Gasteiger partial charge in [-0.15, -0.1) is 0 Å². The molecular formula is C21H24O9. The molecule has 0 aromatic heterocycles. The normalized spacial score (nSPS) is 39.7. The SMILES string of the molecule is C=C(C)C(=O)O[C@H]1C[C@@]2(CO)O[C@H]2/C=C\[C@@]2(C)O[C@@H]2[C@H]2OC(=O)C(COC(C)=O)=C12. The zero-order valence-electron chi connectivity index (χ0n) is 17.0. The average Bonchev–Trinajstić information content (AvgIpc) is 3.52. The molecule has 0 bridgehead atoms. The number of hydrogen-bond acceptors (Lipinski definition) is 9. The van der Waals surface area contributed by atoms with Gasteiger partial charge >= 0.3 is 17.9 Å². The number of aliphatic hydroxyl groups excluding tert-OH is 1. The molecule has 2 fully saturated rings. The number of carbonyl (C=O) groups is 3. The summed E-state index contributed by atoms with van der Waals surface area (Å²) in [6, 6.07) is 0. The van der Waals surface area contributed by atoms with Gasteiger partial charge in [0.2, 0.25) is 0 Å². The molecule has 0 radical (unpaired) electrons. The van der Waals surface area contributed by atoms with E-state index in [4.69, 9.17) is 23.7 Å². The summed E-state index contributed by atoms with van der Waals surface area (Å²) >= 11 is 0. The molecule has 30 heavy (non-hydrogen) atoms. The predicted octanol–water partition coefficient (Wildman–Crippen LogP) is 0.507. The van der Waals surface area contributed by atoms with E-state index in [2.05, 4.69) is 6.58 Å². The molecule has 4 aliphatic rings. The van der Waals surface area contributed by atoms with Crippen molar-refractivity contribution in [3.05, 3.63) is 35.5 Å². The molecule has 162 valence electrons. The van der Waals surface area contributed by atoms with Crippen LogP contribution in [0.2, 0.25) is 0 Å². The van der Waals surface area contributed by atoms with Crippen molar-refractivity contribution in [1.29, 1.82) is 0 Å². The second-order valence-corrected chi connectivity index (χ2v) is 8.26. The van der Waals surface area contributed by atoms with Crippen molar-refractivity contribution in [2.75, 3.05) is 13.2 Å². The van der Waals surface area contributed by atoms with Crippen molar-refractivity contribution >= 4 is 17.9 Å². The van der Waals surface area contributed by atoms with Crippen LogP contribution in [0.15, 0.2) is 35.5 Å². The van der Waals surface area contributed by atoms with Gasteiger partial charge in [0.1, 0.15) is 36.1 Å². The van der Waals surface area contributed by atoms with Gasteiger partial charge in [0.05, 0.1) is 12.2 Å². The summed E-state index contributed by atoms with van der Waals surface area (Å²) in [6.45, 7) is 7.54. The zero-order valence-corrected chi connectivity index (χ0v) is 17.0. The van der Waals surface area contributed by atoms with E-state index in [1.54, 1.807) is 6.08 Å². The van der Waals surface area contributed by atoms with Crippen LogP contribution in [0.25, 0.3) is 0 Å². The Morgan fingerprint density at radius 2 is 2.07 bits per heavy atom. The molecule has 4 rings (SSSR count). The molecule has 0 spiro atoms. The number of ether oxygens (including phenoxy) is 5. The Morgan fingerprint density at radius 3 is 2.70 bits per heavy atom. The van der Waals surface area contributed by atoms with Crippen LogP contribution < -0.4 is 0 Å². The molecule has 0 saturated carbocycles. The topological polar surface area (TPSA) is 124 Å². The lowest BCUT2D eigenvalue weighted by atomic mass is 9.85. The highest BCUT2D eigenvalue weighted by molar-refractivity contribution is 5.94. The minimum absolute atomic E-state index is 0.0903. The molecule has 3 heterocycles. The van der Waals surface area contributed by atoms with Gasteiger partial charge in [0.15, 0.2) is 6.10 Å². The Morgan fingerprint density at radius 1 is 1.33 bits per heavy atom. The van der Waals surface area contributed by atoms with Crippen LogP contribution in [0.3, 0.4) is 0 Å². The van der Waals surface area contributed by atoms with Crippen LogP contribution in [0, 0.1) is 0 Å². The van der Waals surface area contributed by atoms with Gasteiger partial charge in [-0.05, 0) is 13.8 Å². The smallest absolute Gasteiger partial charge is 0.338 e. The number of esters is 3. The summed E-state index contributed by atoms with van der Waals surface area (Å²) in [6.07, 6.45) is 1.05. The number of aliphatic hydroxyl groups is 1. The van der Waals surface area contributed by atoms with E-state index in [-0.39, 0.29) is 36.9 Å². The first-order valence-electron chi connectivity index (χ1n) is 9.70. The van der Waals surface area contributed by atoms with Gasteiger partial charge in [0, 0.05) is 24.5 Å². The highest BCUT2D eigenvalue weighted by Gasteiger charge is 2.64. The van der Waals surface area contributed by atoms with E-state index in [9.17, 15) is 19.5 Å². The van der Waals surface area contributed by atoms with Crippen LogP contribution in [0.4, 0.5) is 0 Å². The third-order valence-corrected chi connectivity index (χ3v) is 5.89. The molecule has 0 amide bonds. The molecule has 9 heteroatoms. The lowest BCUT2D eigenvalue weighted by Gasteiger charge is -2.26. The van der Waals surface area contributed by atoms with Crippen LogP contribution >= 0.6 is 0 Å². The summed E-state index contributed by atoms with van der Waals surface area (Å²) in [4.78, 5) is 36.3. The van der Waals surface area contributed by atoms with E-state index in [0.717, 1.165) is 0 Å². The average molecular weight is 420 g/mol. The summed E-state index contributed by atoms with van der Waals surface area (Å²) in [7, 11) is 0. The minimum atomic E-state index is -0.968. The Kier molecular flexibility index (Phi) is 4.87. The van der Waals surface area contributed by atoms with Crippen molar-refractivity contribution in [1.82, 2.24) is 0 Å². The minimum Gasteiger partial charge on any atom is -0.461 e. The first-order chi connectivity index (χ1) is 14.1. The first-order valence-corrected chi connectivity index (χ1v) is 9.70. The molecule has 3 aliphatic heterocycles. The van der Waals surface area contributed by atoms with Crippen molar-refractivity contribution in [3.8, 4) is 0 Å². The van der Waals surface area contributed by atoms with Crippen molar-refractivity contribution in [3.63, 3.8) is 0 Å². The van der Waals surface area contributed by atoms with Crippen LogP contribution in [0.5, 0.6) is 0 Å². The maximum atomic E-state index is 12.6. The largest absolute Gasteiger partial charge is 0.461 e. The van der Waals surface area contributed by atoms with Gasteiger partial charge in [-0.3, -0.25) is 4.79 Å². The van der Waals surface area contributed by atoms with Crippen LogP contribution in [-0.4, -0.2) is 71.8 Å². The molecule has 2 saturated heterocycles. The Balaban J connectivity index is 1.79. The van der Waals surface area contributed by atoms with Crippen LogP contribution in [0.1, 0.15) is 27.2 Å². The highest BCUT2D eigenvalue weighted by atomic mass is 16.7. The second kappa shape index (κ2) is 7.04. The van der Waals surface area contributed by atoms with Crippen molar-refractivity contribution < 1.29 is 43.2 Å². The fourth-order valence-electron chi connectivity index (χ4n) is 4.02. The lowest BCUT2D eigenvalue weighted by molar-refractivity contribution is -0.144. The third kappa shape index (κ3) is 3.46. The Labute approximate surface area is 173 Å². The molecule has 6 atom stereocenters. The van der Waals surface area contributed by atoms with E-state index in [0.29, 0.717) is 5.57 Å². The summed E-state index contributed by atoms with van der Waals surface area (Å²) in [5.74, 6) is -1.89. The van der Waals surface area contributed by atoms with Gasteiger partial charge in [-0.2, -0.15) is 0 Å². The number of rotatable bonds is 5. The third-order valence-electron chi connectivity index (χ3n) is 5.89. The first kappa shape index (κ1) is 20.8. The predicted molar refractivity (Wildman–Crippen MR) is 100.0 cm³/mol. The Hall–Kier alpha value is -2.49. The fourth-order valence-corrected chi connectivity index (χ4v) is 4.02. The van der Waals surface area contributed by atoms with E-state index in [1.807, 2.05) is 13.0 Å². The van der Waals surface area contributed by atoms with E-state index < -0.39 is 47.4 Å². The molecule has 1 aliphatic carbocycles. The van der Waals surface area contributed by atoms with E-state index >= 15 is 0 Å². The lowest BCUT2D eigenvalue weighted by Crippen LogP contribution is -2.37. The highest BCUT2D eigenvalue weighted by Crippen LogP contribution is 2.51. The maximum absolute atomic E-state index is 12.6. The molecule has 0 aromatic rings. The fraction of sp³-hybridized carbons (Fsp3) is 0.571. The summed E-state index contributed by atoms with van der Waals surface area (Å²) in [5.41, 5.74) is -1.04. The monoisotopic (exact) mass is 420 g/mol. The van der Waals surface area contributed by atoms with Gasteiger partial charge in [0.25, 0.3) is 0 Å². The second-order valence-electron chi connectivity index (χ2n) is 8.26. The number of carbonyl (C=O) groups excluding carboxylic acids is 3. The number of hydrogen-bond donors (Lipinski definition) is 1. The Bertz CT molecular complexity index is 887.